The van der Waals surface area contributed by atoms with Crippen molar-refractivity contribution in [3.63, 3.8) is 0 Å². The number of alkyl halides is 3. The standard InChI is InChI=1S/C12H14ClF3N2O3S/c1-3-18(4-2)11(19)8-5-7(22(13,20)21)6-9(10(8)17)12(14,15)16/h5-6H,3-4,17H2,1-2H3. The molecule has 0 atom stereocenters. The van der Waals surface area contributed by atoms with Gasteiger partial charge in [-0.2, -0.15) is 13.2 Å². The van der Waals surface area contributed by atoms with Gasteiger partial charge < -0.3 is 10.6 Å². The minimum Gasteiger partial charge on any atom is -0.398 e. The van der Waals surface area contributed by atoms with E-state index >= 15 is 0 Å². The van der Waals surface area contributed by atoms with Crippen molar-refractivity contribution in [1.82, 2.24) is 4.90 Å². The van der Waals surface area contributed by atoms with Crippen molar-refractivity contribution < 1.29 is 26.4 Å². The van der Waals surface area contributed by atoms with E-state index in [-0.39, 0.29) is 13.1 Å². The van der Waals surface area contributed by atoms with Crippen LogP contribution in [0, 0.1) is 0 Å². The van der Waals surface area contributed by atoms with Crippen molar-refractivity contribution in [2.75, 3.05) is 18.8 Å². The first kappa shape index (κ1) is 18.6. The van der Waals surface area contributed by atoms with E-state index in [1.807, 2.05) is 0 Å². The summed E-state index contributed by atoms with van der Waals surface area (Å²) < 4.78 is 61.6. The first-order chi connectivity index (χ1) is 9.93. The van der Waals surface area contributed by atoms with Crippen molar-refractivity contribution in [3.05, 3.63) is 23.3 Å². The maximum Gasteiger partial charge on any atom is 0.418 e. The van der Waals surface area contributed by atoms with Crippen LogP contribution in [0.2, 0.25) is 0 Å². The molecule has 5 nitrogen and oxygen atoms in total. The van der Waals surface area contributed by atoms with E-state index in [2.05, 4.69) is 0 Å². The van der Waals surface area contributed by atoms with Crippen molar-refractivity contribution in [3.8, 4) is 0 Å². The number of rotatable bonds is 4. The van der Waals surface area contributed by atoms with Crippen molar-refractivity contribution in [1.29, 1.82) is 0 Å². The van der Waals surface area contributed by atoms with Crippen LogP contribution in [0.1, 0.15) is 29.8 Å². The van der Waals surface area contributed by atoms with Gasteiger partial charge in [-0.3, -0.25) is 4.79 Å². The average molecular weight is 359 g/mol. The molecule has 0 saturated carbocycles. The molecule has 1 amide bonds. The highest BCUT2D eigenvalue weighted by molar-refractivity contribution is 8.13. The normalized spacial score (nSPS) is 12.3. The molecular weight excluding hydrogens is 345 g/mol. The monoisotopic (exact) mass is 358 g/mol. The van der Waals surface area contributed by atoms with E-state index in [9.17, 15) is 26.4 Å². The molecule has 10 heteroatoms. The third kappa shape index (κ3) is 3.83. The van der Waals surface area contributed by atoms with Crippen molar-refractivity contribution in [2.45, 2.75) is 24.9 Å². The molecule has 2 N–H and O–H groups in total. The Morgan fingerprint density at radius 1 is 1.27 bits per heavy atom. The summed E-state index contributed by atoms with van der Waals surface area (Å²) in [6.07, 6.45) is -4.92. The van der Waals surface area contributed by atoms with Gasteiger partial charge in [0.05, 0.1) is 21.7 Å². The van der Waals surface area contributed by atoms with Gasteiger partial charge >= 0.3 is 6.18 Å². The van der Waals surface area contributed by atoms with E-state index in [1.54, 1.807) is 13.8 Å². The van der Waals surface area contributed by atoms with Gasteiger partial charge in [0.15, 0.2) is 0 Å². The fourth-order valence-corrected chi connectivity index (χ4v) is 2.64. The fourth-order valence-electron chi connectivity index (χ4n) is 1.86. The lowest BCUT2D eigenvalue weighted by Gasteiger charge is -2.21. The van der Waals surface area contributed by atoms with Gasteiger partial charge in [-0.25, -0.2) is 8.42 Å². The Bertz CT molecular complexity index is 686. The smallest absolute Gasteiger partial charge is 0.398 e. The van der Waals surface area contributed by atoms with Crippen LogP contribution < -0.4 is 5.73 Å². The molecular formula is C12H14ClF3N2O3S. The van der Waals surface area contributed by atoms with Crippen LogP contribution >= 0.6 is 10.7 Å². The molecule has 0 bridgehead atoms. The molecule has 124 valence electrons. The van der Waals surface area contributed by atoms with Crippen LogP contribution in [0.5, 0.6) is 0 Å². The highest BCUT2D eigenvalue weighted by atomic mass is 35.7. The number of halogens is 4. The summed E-state index contributed by atoms with van der Waals surface area (Å²) in [5.41, 5.74) is 2.64. The maximum atomic E-state index is 13.0. The van der Waals surface area contributed by atoms with Crippen LogP contribution in [-0.2, 0) is 15.2 Å². The first-order valence-corrected chi connectivity index (χ1v) is 8.49. The van der Waals surface area contributed by atoms with Crippen LogP contribution in [-0.4, -0.2) is 32.3 Å². The molecule has 0 aliphatic heterocycles. The number of benzene rings is 1. The van der Waals surface area contributed by atoms with E-state index in [4.69, 9.17) is 16.4 Å². The Morgan fingerprint density at radius 3 is 2.14 bits per heavy atom. The lowest BCUT2D eigenvalue weighted by Crippen LogP contribution is -2.31. The Hall–Kier alpha value is -1.48. The van der Waals surface area contributed by atoms with Crippen molar-refractivity contribution in [2.24, 2.45) is 0 Å². The van der Waals surface area contributed by atoms with Gasteiger partial charge in [0, 0.05) is 23.8 Å². The average Bonchev–Trinajstić information content (AvgIpc) is 2.37. The molecule has 22 heavy (non-hydrogen) atoms. The number of carbonyl (C=O) groups is 1. The lowest BCUT2D eigenvalue weighted by molar-refractivity contribution is -0.137. The predicted octanol–water partition coefficient (Wildman–Crippen LogP) is 2.70. The van der Waals surface area contributed by atoms with Gasteiger partial charge in [-0.05, 0) is 26.0 Å². The number of hydrogen-bond donors (Lipinski definition) is 1. The molecule has 0 saturated heterocycles. The summed E-state index contributed by atoms with van der Waals surface area (Å²) in [5, 5.41) is 0. The first-order valence-electron chi connectivity index (χ1n) is 6.18. The minimum atomic E-state index is -4.92. The second kappa shape index (κ2) is 6.33. The molecule has 1 aromatic rings. The minimum absolute atomic E-state index is 0.230. The van der Waals surface area contributed by atoms with Crippen molar-refractivity contribution >= 4 is 31.3 Å². The summed E-state index contributed by atoms with van der Waals surface area (Å²) in [4.78, 5) is 12.6. The van der Waals surface area contributed by atoms with Crippen LogP contribution in [0.3, 0.4) is 0 Å². The SMILES string of the molecule is CCN(CC)C(=O)c1cc(S(=O)(=O)Cl)cc(C(F)(F)F)c1N. The van der Waals surface area contributed by atoms with Crippen LogP contribution in [0.15, 0.2) is 17.0 Å². The lowest BCUT2D eigenvalue weighted by atomic mass is 10.1. The molecule has 0 aliphatic carbocycles. The fraction of sp³-hybridized carbons (Fsp3) is 0.417. The maximum absolute atomic E-state index is 13.0. The quantitative estimate of drug-likeness (QED) is 0.663. The molecule has 0 spiro atoms. The number of anilines is 1. The van der Waals surface area contributed by atoms with Crippen LogP contribution in [0.4, 0.5) is 18.9 Å². The van der Waals surface area contributed by atoms with Gasteiger partial charge in [-0.1, -0.05) is 0 Å². The summed E-state index contributed by atoms with van der Waals surface area (Å²) in [7, 11) is 0.644. The molecule has 1 aromatic carbocycles. The van der Waals surface area contributed by atoms with E-state index in [0.29, 0.717) is 6.07 Å². The molecule has 0 aromatic heterocycles. The predicted molar refractivity (Wildman–Crippen MR) is 76.1 cm³/mol. The van der Waals surface area contributed by atoms with E-state index < -0.39 is 42.8 Å². The third-order valence-corrected chi connectivity index (χ3v) is 4.35. The number of nitrogens with zero attached hydrogens (tertiary/aromatic N) is 1. The van der Waals surface area contributed by atoms with Gasteiger partial charge in [-0.15, -0.1) is 0 Å². The topological polar surface area (TPSA) is 80.5 Å². The molecule has 0 fully saturated rings. The molecule has 1 rings (SSSR count). The third-order valence-electron chi connectivity index (χ3n) is 3.02. The summed E-state index contributed by atoms with van der Waals surface area (Å²) in [6, 6.07) is 1.07. The Balaban J connectivity index is 3.67. The summed E-state index contributed by atoms with van der Waals surface area (Å²) in [5.74, 6) is -0.796. The second-order valence-electron chi connectivity index (χ2n) is 4.35. The molecule has 0 radical (unpaired) electrons. The van der Waals surface area contributed by atoms with E-state index in [0.717, 1.165) is 6.07 Å². The number of amides is 1. The molecule has 0 heterocycles. The summed E-state index contributed by atoms with van der Waals surface area (Å²) >= 11 is 0. The van der Waals surface area contributed by atoms with Crippen LogP contribution in [0.25, 0.3) is 0 Å². The second-order valence-corrected chi connectivity index (χ2v) is 6.91. The largest absolute Gasteiger partial charge is 0.418 e. The molecule has 0 aliphatic rings. The number of hydrogen-bond acceptors (Lipinski definition) is 4. The zero-order chi connectivity index (χ0) is 17.3. The Morgan fingerprint density at radius 2 is 1.77 bits per heavy atom. The van der Waals surface area contributed by atoms with Gasteiger partial charge in [0.25, 0.3) is 15.0 Å². The zero-order valence-electron chi connectivity index (χ0n) is 11.7. The number of nitrogens with two attached hydrogens (primary N) is 1. The Kier molecular flexibility index (Phi) is 5.34. The van der Waals surface area contributed by atoms with Gasteiger partial charge in [0.2, 0.25) is 0 Å². The van der Waals surface area contributed by atoms with E-state index in [1.165, 1.54) is 4.90 Å². The van der Waals surface area contributed by atoms with Gasteiger partial charge in [0.1, 0.15) is 0 Å². The number of carbonyl (C=O) groups excluding carboxylic acids is 1. The zero-order valence-corrected chi connectivity index (χ0v) is 13.3. The summed E-state index contributed by atoms with van der Waals surface area (Å²) in [6.45, 7) is 3.72. The Labute approximate surface area is 130 Å². The highest BCUT2D eigenvalue weighted by Gasteiger charge is 2.36. The molecule has 0 unspecified atom stereocenters. The highest BCUT2D eigenvalue weighted by Crippen LogP contribution is 2.38. The number of nitrogen functional groups attached to an aromatic ring is 1.